The first-order chi connectivity index (χ1) is 8.35. The van der Waals surface area contributed by atoms with Gasteiger partial charge in [0.05, 0.1) is 19.2 Å². The van der Waals surface area contributed by atoms with Crippen LogP contribution in [0.4, 0.5) is 6.01 Å². The van der Waals surface area contributed by atoms with Crippen LogP contribution in [0.1, 0.15) is 32.1 Å². The van der Waals surface area contributed by atoms with E-state index in [2.05, 4.69) is 15.5 Å². The van der Waals surface area contributed by atoms with Crippen molar-refractivity contribution >= 4 is 6.01 Å². The zero-order chi connectivity index (χ0) is 12.1. The maximum atomic E-state index is 9.33. The van der Waals surface area contributed by atoms with Crippen molar-refractivity contribution in [3.63, 3.8) is 0 Å². The summed E-state index contributed by atoms with van der Waals surface area (Å²) in [6, 6.07) is 0.660. The van der Waals surface area contributed by atoms with E-state index in [1.54, 1.807) is 0 Å². The molecule has 17 heavy (non-hydrogen) atoms. The smallest absolute Gasteiger partial charge is 0.318 e. The van der Waals surface area contributed by atoms with Gasteiger partial charge in [-0.3, -0.25) is 0 Å². The molecule has 0 bridgehead atoms. The van der Waals surface area contributed by atoms with Gasteiger partial charge >= 0.3 is 6.01 Å². The summed E-state index contributed by atoms with van der Waals surface area (Å²) in [6.45, 7) is 4.53. The second kappa shape index (κ2) is 5.97. The Morgan fingerprint density at radius 1 is 1.47 bits per heavy atom. The Labute approximate surface area is 101 Å². The predicted octanol–water partition coefficient (Wildman–Crippen LogP) is 0.530. The highest BCUT2D eigenvalue weighted by Crippen LogP contribution is 2.23. The number of nitrogens with one attached hydrogen (secondary N) is 1. The van der Waals surface area contributed by atoms with E-state index in [4.69, 9.17) is 4.42 Å². The Hall–Kier alpha value is -1.14. The van der Waals surface area contributed by atoms with Crippen molar-refractivity contribution in [1.29, 1.82) is 0 Å². The number of hydrogen-bond donors (Lipinski definition) is 2. The lowest BCUT2D eigenvalue weighted by molar-refractivity contribution is 0.234. The third kappa shape index (κ3) is 2.95. The van der Waals surface area contributed by atoms with Crippen LogP contribution in [0, 0.1) is 0 Å². The average Bonchev–Trinajstić information content (AvgIpc) is 2.85. The van der Waals surface area contributed by atoms with Crippen LogP contribution in [-0.4, -0.2) is 41.0 Å². The van der Waals surface area contributed by atoms with Gasteiger partial charge in [-0.15, -0.1) is 5.10 Å². The lowest BCUT2D eigenvalue weighted by Gasteiger charge is -2.32. The van der Waals surface area contributed by atoms with E-state index >= 15 is 0 Å². The summed E-state index contributed by atoms with van der Waals surface area (Å²) in [5.41, 5.74) is 0. The third-order valence-electron chi connectivity index (χ3n) is 3.07. The molecule has 1 unspecified atom stereocenters. The monoisotopic (exact) mass is 240 g/mol. The highest BCUT2D eigenvalue weighted by molar-refractivity contribution is 5.27. The number of anilines is 1. The van der Waals surface area contributed by atoms with E-state index in [0.29, 0.717) is 18.5 Å². The number of piperidine rings is 1. The molecule has 2 heterocycles. The lowest BCUT2D eigenvalue weighted by Crippen LogP contribution is -2.42. The van der Waals surface area contributed by atoms with E-state index in [1.807, 2.05) is 11.8 Å². The maximum Gasteiger partial charge on any atom is 0.318 e. The Bertz CT molecular complexity index is 342. The summed E-state index contributed by atoms with van der Waals surface area (Å²) in [5, 5.41) is 20.5. The summed E-state index contributed by atoms with van der Waals surface area (Å²) in [6.07, 6.45) is 3.25. The van der Waals surface area contributed by atoms with Gasteiger partial charge in [0, 0.05) is 6.54 Å². The summed E-state index contributed by atoms with van der Waals surface area (Å²) in [5.74, 6) is 0.601. The maximum absolute atomic E-state index is 9.33. The molecule has 1 atom stereocenters. The molecule has 96 valence electrons. The van der Waals surface area contributed by atoms with Crippen molar-refractivity contribution in [3.8, 4) is 0 Å². The predicted molar refractivity (Wildman–Crippen MR) is 63.7 cm³/mol. The van der Waals surface area contributed by atoms with Crippen LogP contribution in [0.3, 0.4) is 0 Å². The first kappa shape index (κ1) is 12.3. The molecule has 0 radical (unpaired) electrons. The van der Waals surface area contributed by atoms with Crippen LogP contribution in [-0.2, 0) is 6.54 Å². The van der Waals surface area contributed by atoms with Crippen LogP contribution in [0.25, 0.3) is 0 Å². The SMILES string of the molecule is CCNCc1nnc(N2CCCCC2CO)o1. The van der Waals surface area contributed by atoms with Gasteiger partial charge in [0.2, 0.25) is 5.89 Å². The summed E-state index contributed by atoms with van der Waals surface area (Å²) >= 11 is 0. The fourth-order valence-electron chi connectivity index (χ4n) is 2.11. The molecule has 1 aliphatic rings. The molecule has 0 amide bonds. The molecular weight excluding hydrogens is 220 g/mol. The van der Waals surface area contributed by atoms with Crippen LogP contribution < -0.4 is 10.2 Å². The molecule has 6 heteroatoms. The van der Waals surface area contributed by atoms with Crippen LogP contribution in [0.15, 0.2) is 4.42 Å². The molecule has 1 aromatic heterocycles. The largest absolute Gasteiger partial charge is 0.407 e. The van der Waals surface area contributed by atoms with Gasteiger partial charge in [-0.25, -0.2) is 0 Å². The fourth-order valence-corrected chi connectivity index (χ4v) is 2.11. The summed E-state index contributed by atoms with van der Waals surface area (Å²) < 4.78 is 5.59. The lowest BCUT2D eigenvalue weighted by atomic mass is 10.0. The van der Waals surface area contributed by atoms with E-state index in [0.717, 1.165) is 32.4 Å². The fraction of sp³-hybridized carbons (Fsp3) is 0.818. The molecule has 1 aromatic rings. The Morgan fingerprint density at radius 2 is 2.35 bits per heavy atom. The first-order valence-electron chi connectivity index (χ1n) is 6.25. The second-order valence-corrected chi connectivity index (χ2v) is 4.28. The standard InChI is InChI=1S/C11H20N4O2/c1-2-12-7-10-13-14-11(17-10)15-6-4-3-5-9(15)8-16/h9,12,16H,2-8H2,1H3. The van der Waals surface area contributed by atoms with Crippen LogP contribution in [0.5, 0.6) is 0 Å². The van der Waals surface area contributed by atoms with Crippen LogP contribution >= 0.6 is 0 Å². The highest BCUT2D eigenvalue weighted by atomic mass is 16.4. The van der Waals surface area contributed by atoms with Gasteiger partial charge < -0.3 is 19.7 Å². The van der Waals surface area contributed by atoms with Gasteiger partial charge in [0.1, 0.15) is 0 Å². The van der Waals surface area contributed by atoms with Gasteiger partial charge in [0.15, 0.2) is 0 Å². The summed E-state index contributed by atoms with van der Waals surface area (Å²) in [7, 11) is 0. The minimum atomic E-state index is 0.121. The Kier molecular flexibility index (Phi) is 4.33. The van der Waals surface area contributed by atoms with Crippen molar-refractivity contribution in [2.45, 2.75) is 38.8 Å². The Morgan fingerprint density at radius 3 is 3.12 bits per heavy atom. The van der Waals surface area contributed by atoms with E-state index < -0.39 is 0 Å². The normalized spacial score (nSPS) is 20.8. The zero-order valence-corrected chi connectivity index (χ0v) is 10.2. The third-order valence-corrected chi connectivity index (χ3v) is 3.07. The molecule has 1 saturated heterocycles. The van der Waals surface area contributed by atoms with E-state index in [9.17, 15) is 5.11 Å². The molecule has 0 aromatic carbocycles. The summed E-state index contributed by atoms with van der Waals surface area (Å²) in [4.78, 5) is 2.02. The van der Waals surface area contributed by atoms with Gasteiger partial charge in [-0.2, -0.15) is 0 Å². The first-order valence-corrected chi connectivity index (χ1v) is 6.25. The molecule has 2 N–H and O–H groups in total. The number of aliphatic hydroxyl groups excluding tert-OH is 1. The minimum absolute atomic E-state index is 0.121. The molecule has 2 rings (SSSR count). The van der Waals surface area contributed by atoms with Crippen molar-refractivity contribution in [2.24, 2.45) is 0 Å². The Balaban J connectivity index is 2.02. The van der Waals surface area contributed by atoms with Crippen molar-refractivity contribution in [3.05, 3.63) is 5.89 Å². The second-order valence-electron chi connectivity index (χ2n) is 4.28. The van der Waals surface area contributed by atoms with Crippen molar-refractivity contribution in [2.75, 3.05) is 24.6 Å². The minimum Gasteiger partial charge on any atom is -0.407 e. The molecular formula is C11H20N4O2. The molecule has 0 spiro atoms. The molecule has 6 nitrogen and oxygen atoms in total. The number of rotatable bonds is 5. The number of nitrogens with zero attached hydrogens (tertiary/aromatic N) is 3. The van der Waals surface area contributed by atoms with Crippen molar-refractivity contribution < 1.29 is 9.52 Å². The van der Waals surface area contributed by atoms with Gasteiger partial charge in [-0.1, -0.05) is 12.0 Å². The topological polar surface area (TPSA) is 74.4 Å². The number of aromatic nitrogens is 2. The molecule has 0 saturated carbocycles. The molecule has 1 aliphatic heterocycles. The van der Waals surface area contributed by atoms with Gasteiger partial charge in [-0.05, 0) is 25.8 Å². The van der Waals surface area contributed by atoms with Crippen LogP contribution in [0.2, 0.25) is 0 Å². The zero-order valence-electron chi connectivity index (χ0n) is 10.2. The van der Waals surface area contributed by atoms with E-state index in [1.165, 1.54) is 0 Å². The number of aliphatic hydroxyl groups is 1. The quantitative estimate of drug-likeness (QED) is 0.782. The highest BCUT2D eigenvalue weighted by Gasteiger charge is 2.25. The van der Waals surface area contributed by atoms with Crippen molar-refractivity contribution in [1.82, 2.24) is 15.5 Å². The van der Waals surface area contributed by atoms with Gasteiger partial charge in [0.25, 0.3) is 0 Å². The number of hydrogen-bond acceptors (Lipinski definition) is 6. The molecule has 1 fully saturated rings. The average molecular weight is 240 g/mol. The van der Waals surface area contributed by atoms with E-state index in [-0.39, 0.29) is 12.6 Å². The molecule has 0 aliphatic carbocycles.